The van der Waals surface area contributed by atoms with Gasteiger partial charge in [0.15, 0.2) is 0 Å². The molecule has 6 heteroatoms. The Kier molecular flexibility index (Phi) is 3.42. The number of nitrogens with one attached hydrogen (secondary N) is 1. The second kappa shape index (κ2) is 4.65. The van der Waals surface area contributed by atoms with Crippen LogP contribution in [0, 0.1) is 0 Å². The number of morpholine rings is 1. The smallest absolute Gasteiger partial charge is 0.270 e. The van der Waals surface area contributed by atoms with Crippen LogP contribution in [0.15, 0.2) is 6.07 Å². The number of nitrogens with zero attached hydrogens (tertiary/aromatic N) is 1. The van der Waals surface area contributed by atoms with Crippen molar-refractivity contribution in [3.8, 4) is 0 Å². The van der Waals surface area contributed by atoms with Gasteiger partial charge in [0.25, 0.3) is 5.91 Å². The van der Waals surface area contributed by atoms with E-state index in [1.165, 1.54) is 0 Å². The number of carbonyl (C=O) groups excluding carboxylic acids is 1. The third-order valence-electron chi connectivity index (χ3n) is 2.58. The molecule has 1 aromatic rings. The van der Waals surface area contributed by atoms with Crippen LogP contribution in [0.2, 0.25) is 10.2 Å². The van der Waals surface area contributed by atoms with Crippen molar-refractivity contribution < 1.29 is 9.53 Å². The van der Waals surface area contributed by atoms with Crippen molar-refractivity contribution in [3.63, 3.8) is 0 Å². The first-order chi connectivity index (χ1) is 7.59. The molecule has 16 heavy (non-hydrogen) atoms. The Hall–Kier alpha value is -0.710. The molecule has 0 aromatic carbocycles. The van der Waals surface area contributed by atoms with Crippen molar-refractivity contribution in [2.45, 2.75) is 13.0 Å². The Bertz CT molecular complexity index is 386. The normalized spacial score (nSPS) is 21.2. The van der Waals surface area contributed by atoms with E-state index >= 15 is 0 Å². The summed E-state index contributed by atoms with van der Waals surface area (Å²) < 4.78 is 5.27. The molecule has 0 bridgehead atoms. The number of halogens is 2. The first-order valence-corrected chi connectivity index (χ1v) is 5.78. The van der Waals surface area contributed by atoms with Crippen molar-refractivity contribution in [2.24, 2.45) is 0 Å². The Balaban J connectivity index is 2.17. The molecular formula is C10H12Cl2N2O2. The zero-order chi connectivity index (χ0) is 11.7. The number of amides is 1. The molecule has 1 amide bonds. The molecule has 0 spiro atoms. The number of hydrogen-bond donors (Lipinski definition) is 1. The Morgan fingerprint density at radius 1 is 1.62 bits per heavy atom. The fourth-order valence-corrected chi connectivity index (χ4v) is 2.02. The Morgan fingerprint density at radius 2 is 2.38 bits per heavy atom. The zero-order valence-electron chi connectivity index (χ0n) is 8.80. The van der Waals surface area contributed by atoms with E-state index in [4.69, 9.17) is 27.9 Å². The average Bonchev–Trinajstić information content (AvgIpc) is 2.59. The topological polar surface area (TPSA) is 45.3 Å². The van der Waals surface area contributed by atoms with Crippen LogP contribution in [0.5, 0.6) is 0 Å². The lowest BCUT2D eigenvalue weighted by Crippen LogP contribution is -2.47. The lowest BCUT2D eigenvalue weighted by atomic mass is 10.2. The van der Waals surface area contributed by atoms with Crippen LogP contribution in [0.3, 0.4) is 0 Å². The molecule has 1 unspecified atom stereocenters. The van der Waals surface area contributed by atoms with Crippen LogP contribution in [-0.2, 0) is 4.74 Å². The van der Waals surface area contributed by atoms with Crippen LogP contribution >= 0.6 is 23.2 Å². The van der Waals surface area contributed by atoms with Crippen LogP contribution in [0.1, 0.15) is 17.4 Å². The fraction of sp³-hybridized carbons (Fsp3) is 0.500. The van der Waals surface area contributed by atoms with Gasteiger partial charge in [-0.3, -0.25) is 4.79 Å². The summed E-state index contributed by atoms with van der Waals surface area (Å²) in [5.74, 6) is -0.0930. The maximum Gasteiger partial charge on any atom is 0.270 e. The average molecular weight is 263 g/mol. The van der Waals surface area contributed by atoms with Gasteiger partial charge in [0.2, 0.25) is 0 Å². The second-order valence-corrected chi connectivity index (χ2v) is 4.55. The van der Waals surface area contributed by atoms with E-state index in [1.54, 1.807) is 11.0 Å². The molecule has 0 saturated carbocycles. The lowest BCUT2D eigenvalue weighted by molar-refractivity contribution is 0.00331. The predicted octanol–water partition coefficient (Wildman–Crippen LogP) is 2.18. The molecule has 1 aliphatic heterocycles. The van der Waals surface area contributed by atoms with Crippen molar-refractivity contribution in [3.05, 3.63) is 21.9 Å². The number of ether oxygens (including phenoxy) is 1. The highest BCUT2D eigenvalue weighted by Crippen LogP contribution is 2.23. The Morgan fingerprint density at radius 3 is 2.94 bits per heavy atom. The minimum absolute atomic E-state index is 0.0714. The summed E-state index contributed by atoms with van der Waals surface area (Å²) in [6.45, 7) is 3.67. The van der Waals surface area contributed by atoms with Gasteiger partial charge < -0.3 is 14.6 Å². The van der Waals surface area contributed by atoms with Crippen LogP contribution in [-0.4, -0.2) is 41.6 Å². The fourth-order valence-electron chi connectivity index (χ4n) is 1.70. The van der Waals surface area contributed by atoms with E-state index in [0.29, 0.717) is 35.6 Å². The molecule has 4 nitrogen and oxygen atoms in total. The molecule has 1 aromatic heterocycles. The summed E-state index contributed by atoms with van der Waals surface area (Å²) in [6.07, 6.45) is 0. The monoisotopic (exact) mass is 262 g/mol. The number of aromatic amines is 1. The van der Waals surface area contributed by atoms with Crippen LogP contribution < -0.4 is 0 Å². The van der Waals surface area contributed by atoms with Crippen molar-refractivity contribution >= 4 is 29.1 Å². The zero-order valence-corrected chi connectivity index (χ0v) is 10.3. The molecule has 1 N–H and O–H groups in total. The van der Waals surface area contributed by atoms with Crippen molar-refractivity contribution in [2.75, 3.05) is 19.8 Å². The molecule has 1 fully saturated rings. The third-order valence-corrected chi connectivity index (χ3v) is 3.28. The van der Waals surface area contributed by atoms with Gasteiger partial charge in [-0.2, -0.15) is 0 Å². The number of H-pyrrole nitrogens is 1. The number of rotatable bonds is 1. The highest BCUT2D eigenvalue weighted by molar-refractivity contribution is 6.41. The van der Waals surface area contributed by atoms with Crippen LogP contribution in [0.4, 0.5) is 0 Å². The summed E-state index contributed by atoms with van der Waals surface area (Å²) in [7, 11) is 0. The van der Waals surface area contributed by atoms with Gasteiger partial charge in [0, 0.05) is 6.54 Å². The van der Waals surface area contributed by atoms with Crippen molar-refractivity contribution in [1.29, 1.82) is 0 Å². The molecule has 2 rings (SSSR count). The summed E-state index contributed by atoms with van der Waals surface area (Å²) in [5, 5.41) is 0.664. The van der Waals surface area contributed by atoms with Gasteiger partial charge in [-0.25, -0.2) is 0 Å². The molecule has 1 saturated heterocycles. The highest BCUT2D eigenvalue weighted by atomic mass is 35.5. The van der Waals surface area contributed by atoms with E-state index in [2.05, 4.69) is 4.98 Å². The highest BCUT2D eigenvalue weighted by Gasteiger charge is 2.26. The molecule has 0 radical (unpaired) electrons. The minimum atomic E-state index is -0.0930. The molecule has 88 valence electrons. The second-order valence-electron chi connectivity index (χ2n) is 3.77. The summed E-state index contributed by atoms with van der Waals surface area (Å²) in [6, 6.07) is 1.62. The van der Waals surface area contributed by atoms with E-state index in [1.807, 2.05) is 6.92 Å². The molecule has 1 atom stereocenters. The van der Waals surface area contributed by atoms with Gasteiger partial charge >= 0.3 is 0 Å². The molecule has 1 aliphatic rings. The molecular weight excluding hydrogens is 251 g/mol. The molecule has 0 aliphatic carbocycles. The quantitative estimate of drug-likeness (QED) is 0.844. The van der Waals surface area contributed by atoms with E-state index in [-0.39, 0.29) is 11.9 Å². The van der Waals surface area contributed by atoms with Gasteiger partial charge in [0.1, 0.15) is 10.8 Å². The first kappa shape index (κ1) is 11.8. The van der Waals surface area contributed by atoms with Crippen LogP contribution in [0.25, 0.3) is 0 Å². The van der Waals surface area contributed by atoms with Gasteiger partial charge in [-0.15, -0.1) is 0 Å². The Labute approximate surface area is 103 Å². The van der Waals surface area contributed by atoms with Gasteiger partial charge in [-0.1, -0.05) is 23.2 Å². The first-order valence-electron chi connectivity index (χ1n) is 5.02. The predicted molar refractivity (Wildman–Crippen MR) is 62.1 cm³/mol. The number of carbonyl (C=O) groups is 1. The number of aromatic nitrogens is 1. The van der Waals surface area contributed by atoms with E-state index in [0.717, 1.165) is 0 Å². The van der Waals surface area contributed by atoms with Gasteiger partial charge in [-0.05, 0) is 13.0 Å². The largest absolute Gasteiger partial charge is 0.377 e. The summed E-state index contributed by atoms with van der Waals surface area (Å²) in [4.78, 5) is 16.6. The maximum absolute atomic E-state index is 12.1. The van der Waals surface area contributed by atoms with E-state index in [9.17, 15) is 4.79 Å². The summed E-state index contributed by atoms with van der Waals surface area (Å²) in [5.41, 5.74) is 0.420. The standard InChI is InChI=1S/C10H12Cl2N2O2/c1-6-5-16-3-2-14(6)10(15)8-4-7(11)9(12)13-8/h4,6,13H,2-3,5H2,1H3. The maximum atomic E-state index is 12.1. The minimum Gasteiger partial charge on any atom is -0.377 e. The number of hydrogen-bond acceptors (Lipinski definition) is 2. The third kappa shape index (κ3) is 2.19. The lowest BCUT2D eigenvalue weighted by Gasteiger charge is -2.32. The summed E-state index contributed by atoms with van der Waals surface area (Å²) >= 11 is 11.6. The SMILES string of the molecule is CC1COCCN1C(=O)c1cc(Cl)c(Cl)[nH]1. The molecule has 2 heterocycles. The van der Waals surface area contributed by atoms with E-state index < -0.39 is 0 Å². The van der Waals surface area contributed by atoms with Gasteiger partial charge in [0.05, 0.1) is 24.3 Å². The van der Waals surface area contributed by atoms with Crippen molar-refractivity contribution in [1.82, 2.24) is 9.88 Å².